The third kappa shape index (κ3) is 4.58. The van der Waals surface area contributed by atoms with Crippen LogP contribution in [0.2, 0.25) is 0 Å². The summed E-state index contributed by atoms with van der Waals surface area (Å²) in [5.41, 5.74) is 0.435. The second-order valence-electron chi connectivity index (χ2n) is 3.87. The molecule has 0 aromatic carbocycles. The summed E-state index contributed by atoms with van der Waals surface area (Å²) >= 11 is 0. The predicted octanol–water partition coefficient (Wildman–Crippen LogP) is 0.504. The van der Waals surface area contributed by atoms with Gasteiger partial charge in [0.25, 0.3) is 5.91 Å². The number of hydrogen-bond donors (Lipinski definition) is 1. The predicted molar refractivity (Wildman–Crippen MR) is 65.2 cm³/mol. The van der Waals surface area contributed by atoms with Gasteiger partial charge in [0.2, 0.25) is 5.91 Å². The van der Waals surface area contributed by atoms with E-state index in [9.17, 15) is 9.59 Å². The Morgan fingerprint density at radius 1 is 1.50 bits per heavy atom. The largest absolute Gasteiger partial charge is 0.472 e. The van der Waals surface area contributed by atoms with Crippen molar-refractivity contribution in [2.45, 2.75) is 6.42 Å². The van der Waals surface area contributed by atoms with Crippen molar-refractivity contribution in [2.75, 3.05) is 33.9 Å². The van der Waals surface area contributed by atoms with Gasteiger partial charge in [0.15, 0.2) is 0 Å². The molecule has 100 valence electrons. The molecular formula is C12H18N2O4. The summed E-state index contributed by atoms with van der Waals surface area (Å²) in [6, 6.07) is 1.56. The Hall–Kier alpha value is -1.82. The van der Waals surface area contributed by atoms with Crippen LogP contribution in [0.15, 0.2) is 23.0 Å². The minimum absolute atomic E-state index is 0.0248. The summed E-state index contributed by atoms with van der Waals surface area (Å²) in [5.74, 6) is -0.429. The molecule has 1 heterocycles. The summed E-state index contributed by atoms with van der Waals surface area (Å²) in [5, 5.41) is 2.71. The van der Waals surface area contributed by atoms with Crippen LogP contribution >= 0.6 is 0 Å². The summed E-state index contributed by atoms with van der Waals surface area (Å²) in [7, 11) is 3.18. The molecule has 6 heteroatoms. The maximum absolute atomic E-state index is 11.8. The average Bonchev–Trinajstić information content (AvgIpc) is 2.87. The van der Waals surface area contributed by atoms with Crippen LogP contribution in [0.5, 0.6) is 0 Å². The second kappa shape index (κ2) is 7.50. The van der Waals surface area contributed by atoms with Gasteiger partial charge >= 0.3 is 0 Å². The molecule has 1 rings (SSSR count). The topological polar surface area (TPSA) is 71.8 Å². The van der Waals surface area contributed by atoms with E-state index in [2.05, 4.69) is 5.32 Å². The van der Waals surface area contributed by atoms with Crippen LogP contribution in [0.4, 0.5) is 0 Å². The number of carbonyl (C=O) groups is 2. The van der Waals surface area contributed by atoms with E-state index in [1.807, 2.05) is 0 Å². The molecule has 0 unspecified atom stereocenters. The zero-order chi connectivity index (χ0) is 13.4. The molecule has 2 amide bonds. The van der Waals surface area contributed by atoms with E-state index in [-0.39, 0.29) is 18.4 Å². The molecule has 0 radical (unpaired) electrons. The zero-order valence-corrected chi connectivity index (χ0v) is 10.6. The van der Waals surface area contributed by atoms with Gasteiger partial charge in [0.1, 0.15) is 6.26 Å². The highest BCUT2D eigenvalue weighted by Crippen LogP contribution is 2.03. The van der Waals surface area contributed by atoms with Crippen molar-refractivity contribution in [1.29, 1.82) is 0 Å². The number of likely N-dealkylation sites (N-methyl/N-ethyl adjacent to an activating group) is 1. The minimum Gasteiger partial charge on any atom is -0.472 e. The lowest BCUT2D eigenvalue weighted by atomic mass is 10.3. The lowest BCUT2D eigenvalue weighted by Gasteiger charge is -2.15. The summed E-state index contributed by atoms with van der Waals surface area (Å²) in [6.07, 6.45) is 3.53. The Labute approximate surface area is 106 Å². The van der Waals surface area contributed by atoms with Crippen molar-refractivity contribution < 1.29 is 18.7 Å². The lowest BCUT2D eigenvalue weighted by Crippen LogP contribution is -2.38. The number of methoxy groups -OCH3 is 1. The van der Waals surface area contributed by atoms with Gasteiger partial charge in [-0.1, -0.05) is 0 Å². The molecule has 0 aliphatic heterocycles. The number of hydrogen-bond acceptors (Lipinski definition) is 4. The Balaban J connectivity index is 2.29. The molecule has 0 saturated heterocycles. The van der Waals surface area contributed by atoms with Crippen LogP contribution in [0.3, 0.4) is 0 Å². The molecule has 0 aliphatic carbocycles. The van der Waals surface area contributed by atoms with Gasteiger partial charge < -0.3 is 19.4 Å². The van der Waals surface area contributed by atoms with E-state index in [4.69, 9.17) is 9.15 Å². The maximum Gasteiger partial charge on any atom is 0.257 e. The fourth-order valence-electron chi connectivity index (χ4n) is 1.39. The van der Waals surface area contributed by atoms with Gasteiger partial charge in [-0.25, -0.2) is 0 Å². The summed E-state index contributed by atoms with van der Waals surface area (Å²) in [4.78, 5) is 24.6. The Bertz CT molecular complexity index is 375. The number of rotatable bonds is 7. The van der Waals surface area contributed by atoms with E-state index in [0.29, 0.717) is 18.7 Å². The quantitative estimate of drug-likeness (QED) is 0.719. The van der Waals surface area contributed by atoms with Gasteiger partial charge in [-0.15, -0.1) is 0 Å². The molecule has 1 aromatic heterocycles. The summed E-state index contributed by atoms with van der Waals surface area (Å²) < 4.78 is 9.69. The Morgan fingerprint density at radius 3 is 2.89 bits per heavy atom. The first-order valence-electron chi connectivity index (χ1n) is 5.68. The van der Waals surface area contributed by atoms with E-state index in [1.54, 1.807) is 20.2 Å². The number of nitrogens with one attached hydrogen (secondary N) is 1. The number of furan rings is 1. The molecule has 1 aromatic rings. The van der Waals surface area contributed by atoms with Crippen LogP contribution in [0.25, 0.3) is 0 Å². The van der Waals surface area contributed by atoms with E-state index in [1.165, 1.54) is 17.4 Å². The van der Waals surface area contributed by atoms with Gasteiger partial charge in [-0.3, -0.25) is 9.59 Å². The molecule has 1 N–H and O–H groups in total. The fourth-order valence-corrected chi connectivity index (χ4v) is 1.39. The normalized spacial score (nSPS) is 10.1. The van der Waals surface area contributed by atoms with Crippen LogP contribution in [0, 0.1) is 0 Å². The first-order chi connectivity index (χ1) is 8.65. The monoisotopic (exact) mass is 254 g/mol. The molecule has 6 nitrogen and oxygen atoms in total. The SMILES string of the molecule is COCCCNC(=O)CN(C)C(=O)c1ccoc1. The first-order valence-corrected chi connectivity index (χ1v) is 5.68. The highest BCUT2D eigenvalue weighted by Gasteiger charge is 2.15. The summed E-state index contributed by atoms with van der Waals surface area (Å²) in [6.45, 7) is 1.17. The van der Waals surface area contributed by atoms with Crippen LogP contribution < -0.4 is 5.32 Å². The van der Waals surface area contributed by atoms with Crippen molar-refractivity contribution in [3.05, 3.63) is 24.2 Å². The Kier molecular flexibility index (Phi) is 5.93. The molecule has 0 saturated carbocycles. The molecule has 0 bridgehead atoms. The zero-order valence-electron chi connectivity index (χ0n) is 10.6. The van der Waals surface area contributed by atoms with Crippen LogP contribution in [-0.4, -0.2) is 50.6 Å². The number of carbonyl (C=O) groups excluding carboxylic acids is 2. The highest BCUT2D eigenvalue weighted by atomic mass is 16.5. The van der Waals surface area contributed by atoms with Crippen LogP contribution in [-0.2, 0) is 9.53 Å². The number of nitrogens with zero attached hydrogens (tertiary/aromatic N) is 1. The molecule has 0 spiro atoms. The van der Waals surface area contributed by atoms with Crippen molar-refractivity contribution in [2.24, 2.45) is 0 Å². The maximum atomic E-state index is 11.8. The third-order valence-electron chi connectivity index (χ3n) is 2.34. The standard InChI is InChI=1S/C12H18N2O4/c1-14(12(16)10-4-7-18-9-10)8-11(15)13-5-3-6-17-2/h4,7,9H,3,5-6,8H2,1-2H3,(H,13,15). The van der Waals surface area contributed by atoms with Crippen molar-refractivity contribution >= 4 is 11.8 Å². The van der Waals surface area contributed by atoms with Crippen molar-refractivity contribution in [3.8, 4) is 0 Å². The smallest absolute Gasteiger partial charge is 0.257 e. The number of ether oxygens (including phenoxy) is 1. The van der Waals surface area contributed by atoms with Gasteiger partial charge in [0, 0.05) is 27.3 Å². The van der Waals surface area contributed by atoms with E-state index in [0.717, 1.165) is 6.42 Å². The van der Waals surface area contributed by atoms with Gasteiger partial charge in [-0.2, -0.15) is 0 Å². The molecule has 0 fully saturated rings. The third-order valence-corrected chi connectivity index (χ3v) is 2.34. The second-order valence-corrected chi connectivity index (χ2v) is 3.87. The molecule has 18 heavy (non-hydrogen) atoms. The number of amides is 2. The molecule has 0 aliphatic rings. The van der Waals surface area contributed by atoms with Crippen molar-refractivity contribution in [1.82, 2.24) is 10.2 Å². The Morgan fingerprint density at radius 2 is 2.28 bits per heavy atom. The van der Waals surface area contributed by atoms with Crippen LogP contribution in [0.1, 0.15) is 16.8 Å². The van der Waals surface area contributed by atoms with Crippen molar-refractivity contribution in [3.63, 3.8) is 0 Å². The molecule has 0 atom stereocenters. The van der Waals surface area contributed by atoms with E-state index >= 15 is 0 Å². The molecular weight excluding hydrogens is 236 g/mol. The van der Waals surface area contributed by atoms with E-state index < -0.39 is 0 Å². The highest BCUT2D eigenvalue weighted by molar-refractivity contribution is 5.95. The first kappa shape index (κ1) is 14.2. The minimum atomic E-state index is -0.240. The van der Waals surface area contributed by atoms with Gasteiger partial charge in [0.05, 0.1) is 18.4 Å². The lowest BCUT2D eigenvalue weighted by molar-refractivity contribution is -0.121. The average molecular weight is 254 g/mol. The van der Waals surface area contributed by atoms with Gasteiger partial charge in [-0.05, 0) is 12.5 Å². The fraction of sp³-hybridized carbons (Fsp3) is 0.500.